The molecule has 0 saturated carbocycles. The molecule has 0 aromatic heterocycles. The average molecular weight is 349 g/mol. The Morgan fingerprint density at radius 1 is 1.09 bits per heavy atom. The van der Waals surface area contributed by atoms with E-state index in [0.29, 0.717) is 10.8 Å². The van der Waals surface area contributed by atoms with Gasteiger partial charge in [0, 0.05) is 17.8 Å². The van der Waals surface area contributed by atoms with E-state index in [1.54, 1.807) is 0 Å². The number of urea groups is 1. The molecule has 0 saturated heterocycles. The van der Waals surface area contributed by atoms with E-state index >= 15 is 0 Å². The lowest BCUT2D eigenvalue weighted by molar-refractivity contribution is -0.119. The number of thioether (sulfide) groups is 1. The lowest BCUT2D eigenvalue weighted by Crippen LogP contribution is -2.39. The summed E-state index contributed by atoms with van der Waals surface area (Å²) >= 11 is 7.34. The van der Waals surface area contributed by atoms with Gasteiger partial charge in [-0.1, -0.05) is 54.1 Å². The smallest absolute Gasteiger partial charge is 0.321 e. The Balaban J connectivity index is 2.11. The van der Waals surface area contributed by atoms with Crippen LogP contribution in [0.15, 0.2) is 54.6 Å². The Morgan fingerprint density at radius 2 is 1.74 bits per heavy atom. The summed E-state index contributed by atoms with van der Waals surface area (Å²) in [5, 5.41) is 4.94. The van der Waals surface area contributed by atoms with Gasteiger partial charge in [-0.2, -0.15) is 0 Å². The molecule has 4 nitrogen and oxygen atoms in total. The summed E-state index contributed by atoms with van der Waals surface area (Å²) in [6.07, 6.45) is 0. The molecular weight excluding hydrogens is 332 g/mol. The van der Waals surface area contributed by atoms with Crippen LogP contribution in [0.4, 0.5) is 4.79 Å². The summed E-state index contributed by atoms with van der Waals surface area (Å²) in [4.78, 5) is 23.8. The van der Waals surface area contributed by atoms with Crippen LogP contribution in [-0.2, 0) is 10.5 Å². The number of amides is 3. The SMILES string of the molecule is CNC(=O)NC(=O)[C@H](SCc1ccc(Cl)cc1)c1ccccc1. The number of rotatable bonds is 5. The topological polar surface area (TPSA) is 58.2 Å². The van der Waals surface area contributed by atoms with Crippen molar-refractivity contribution in [3.63, 3.8) is 0 Å². The normalized spacial score (nSPS) is 11.6. The van der Waals surface area contributed by atoms with Crippen LogP contribution in [0.25, 0.3) is 0 Å². The summed E-state index contributed by atoms with van der Waals surface area (Å²) in [7, 11) is 1.47. The van der Waals surface area contributed by atoms with Gasteiger partial charge in [0.1, 0.15) is 5.25 Å². The Bertz CT molecular complexity index is 662. The third kappa shape index (κ3) is 5.30. The van der Waals surface area contributed by atoms with Crippen LogP contribution in [0.1, 0.15) is 16.4 Å². The third-order valence-electron chi connectivity index (χ3n) is 3.13. The predicted molar refractivity (Wildman–Crippen MR) is 94.5 cm³/mol. The van der Waals surface area contributed by atoms with Gasteiger partial charge in [0.05, 0.1) is 0 Å². The number of carbonyl (C=O) groups is 2. The minimum Gasteiger partial charge on any atom is -0.341 e. The fourth-order valence-electron chi connectivity index (χ4n) is 1.95. The maximum atomic E-state index is 12.4. The van der Waals surface area contributed by atoms with E-state index in [1.165, 1.54) is 18.8 Å². The summed E-state index contributed by atoms with van der Waals surface area (Å²) in [5.74, 6) is 0.298. The number of halogens is 1. The number of hydrogen-bond donors (Lipinski definition) is 2. The number of benzene rings is 2. The van der Waals surface area contributed by atoms with Gasteiger partial charge in [-0.05, 0) is 23.3 Å². The highest BCUT2D eigenvalue weighted by atomic mass is 35.5. The van der Waals surface area contributed by atoms with Gasteiger partial charge < -0.3 is 5.32 Å². The number of imide groups is 1. The third-order valence-corrected chi connectivity index (χ3v) is 4.71. The second-order valence-electron chi connectivity index (χ2n) is 4.80. The molecule has 0 unspecified atom stereocenters. The first kappa shape index (κ1) is 17.4. The molecule has 0 spiro atoms. The van der Waals surface area contributed by atoms with Crippen molar-refractivity contribution in [2.45, 2.75) is 11.0 Å². The minimum absolute atomic E-state index is 0.338. The highest BCUT2D eigenvalue weighted by molar-refractivity contribution is 7.99. The van der Waals surface area contributed by atoms with Gasteiger partial charge in [0.15, 0.2) is 0 Å². The molecule has 0 radical (unpaired) electrons. The number of carbonyl (C=O) groups excluding carboxylic acids is 2. The van der Waals surface area contributed by atoms with Crippen molar-refractivity contribution >= 4 is 35.3 Å². The minimum atomic E-state index is -0.511. The Labute approximate surface area is 144 Å². The molecule has 23 heavy (non-hydrogen) atoms. The lowest BCUT2D eigenvalue weighted by Gasteiger charge is -2.16. The molecule has 0 aliphatic heterocycles. The van der Waals surface area contributed by atoms with E-state index in [-0.39, 0.29) is 5.91 Å². The largest absolute Gasteiger partial charge is 0.341 e. The molecule has 0 aliphatic rings. The molecular formula is C17H17ClN2O2S. The first-order valence-corrected chi connectivity index (χ1v) is 8.46. The van der Waals surface area contributed by atoms with Gasteiger partial charge in [-0.15, -0.1) is 11.8 Å². The molecule has 0 bridgehead atoms. The van der Waals surface area contributed by atoms with Crippen molar-refractivity contribution in [1.82, 2.24) is 10.6 Å². The average Bonchev–Trinajstić information content (AvgIpc) is 2.57. The molecule has 2 N–H and O–H groups in total. The van der Waals surface area contributed by atoms with E-state index in [0.717, 1.165) is 11.1 Å². The molecule has 0 aliphatic carbocycles. The number of hydrogen-bond acceptors (Lipinski definition) is 3. The summed E-state index contributed by atoms with van der Waals surface area (Å²) in [5.41, 5.74) is 1.92. The van der Waals surface area contributed by atoms with Gasteiger partial charge in [-0.3, -0.25) is 10.1 Å². The van der Waals surface area contributed by atoms with E-state index in [9.17, 15) is 9.59 Å². The van der Waals surface area contributed by atoms with E-state index in [2.05, 4.69) is 10.6 Å². The molecule has 2 aromatic rings. The Hall–Kier alpha value is -1.98. The van der Waals surface area contributed by atoms with Crippen molar-refractivity contribution in [3.8, 4) is 0 Å². The standard InChI is InChI=1S/C17H17ClN2O2S/c1-19-17(22)20-16(21)15(13-5-3-2-4-6-13)23-11-12-7-9-14(18)10-8-12/h2-10,15H,11H2,1H3,(H2,19,20,21,22)/t15-/m1/s1. The fourth-order valence-corrected chi connectivity index (χ4v) is 3.19. The highest BCUT2D eigenvalue weighted by Gasteiger charge is 2.22. The van der Waals surface area contributed by atoms with Gasteiger partial charge in [-0.25, -0.2) is 4.79 Å². The van der Waals surface area contributed by atoms with E-state index < -0.39 is 11.3 Å². The molecule has 0 heterocycles. The highest BCUT2D eigenvalue weighted by Crippen LogP contribution is 2.32. The maximum Gasteiger partial charge on any atom is 0.321 e. The van der Waals surface area contributed by atoms with Crippen LogP contribution in [-0.4, -0.2) is 19.0 Å². The molecule has 0 fully saturated rings. The van der Waals surface area contributed by atoms with Crippen LogP contribution in [0.2, 0.25) is 5.02 Å². The van der Waals surface area contributed by atoms with Crippen LogP contribution < -0.4 is 10.6 Å². The van der Waals surface area contributed by atoms with Crippen LogP contribution in [0, 0.1) is 0 Å². The van der Waals surface area contributed by atoms with Gasteiger partial charge in [0.25, 0.3) is 0 Å². The van der Waals surface area contributed by atoms with Crippen LogP contribution >= 0.6 is 23.4 Å². The van der Waals surface area contributed by atoms with Crippen molar-refractivity contribution in [1.29, 1.82) is 0 Å². The van der Waals surface area contributed by atoms with Gasteiger partial charge in [0.2, 0.25) is 5.91 Å². The zero-order valence-electron chi connectivity index (χ0n) is 12.6. The first-order valence-electron chi connectivity index (χ1n) is 7.03. The van der Waals surface area contributed by atoms with Crippen LogP contribution in [0.5, 0.6) is 0 Å². The van der Waals surface area contributed by atoms with Crippen molar-refractivity contribution in [2.75, 3.05) is 7.05 Å². The predicted octanol–water partition coefficient (Wildman–Crippen LogP) is 3.77. The van der Waals surface area contributed by atoms with Crippen molar-refractivity contribution in [2.24, 2.45) is 0 Å². The van der Waals surface area contributed by atoms with Crippen LogP contribution in [0.3, 0.4) is 0 Å². The molecule has 6 heteroatoms. The van der Waals surface area contributed by atoms with Crippen molar-refractivity contribution in [3.05, 3.63) is 70.7 Å². The summed E-state index contributed by atoms with van der Waals surface area (Å²) < 4.78 is 0. The maximum absolute atomic E-state index is 12.4. The molecule has 1 atom stereocenters. The van der Waals surface area contributed by atoms with E-state index in [1.807, 2.05) is 54.6 Å². The Morgan fingerprint density at radius 3 is 2.35 bits per heavy atom. The molecule has 120 valence electrons. The first-order chi connectivity index (χ1) is 11.1. The Kier molecular flexibility index (Phi) is 6.50. The zero-order chi connectivity index (χ0) is 16.7. The number of nitrogens with one attached hydrogen (secondary N) is 2. The summed E-state index contributed by atoms with van der Waals surface area (Å²) in [6.45, 7) is 0. The van der Waals surface area contributed by atoms with E-state index in [4.69, 9.17) is 11.6 Å². The molecule has 2 rings (SSSR count). The quantitative estimate of drug-likeness (QED) is 0.864. The molecule has 3 amide bonds. The molecule has 2 aromatic carbocycles. The second kappa shape index (κ2) is 8.60. The van der Waals surface area contributed by atoms with Gasteiger partial charge >= 0.3 is 6.03 Å². The second-order valence-corrected chi connectivity index (χ2v) is 6.33. The summed E-state index contributed by atoms with van der Waals surface area (Å²) in [6, 6.07) is 16.4. The zero-order valence-corrected chi connectivity index (χ0v) is 14.2. The fraction of sp³-hybridized carbons (Fsp3) is 0.176. The van der Waals surface area contributed by atoms with Crippen molar-refractivity contribution < 1.29 is 9.59 Å². The monoisotopic (exact) mass is 348 g/mol. The lowest BCUT2D eigenvalue weighted by atomic mass is 10.1.